The molecule has 1 fully saturated rings. The highest BCUT2D eigenvalue weighted by Crippen LogP contribution is 2.52. The second kappa shape index (κ2) is 14.0. The number of fused-ring (bicyclic) bond motifs is 2. The first kappa shape index (κ1) is 33.8. The SMILES string of the molecule is C=CC1=C(C=C)C(C)(C)C2CCCCC2N1c1ccc(-c2ccc(-c3ccc(N(C4=CC=CCC4)c4ccc5ccccc5c4C)cc3)cc2)cc1. The summed E-state index contributed by atoms with van der Waals surface area (Å²) >= 11 is 0. The van der Waals surface area contributed by atoms with E-state index in [1.165, 1.54) is 98.3 Å². The lowest BCUT2D eigenvalue weighted by Crippen LogP contribution is -2.52. The molecule has 3 aliphatic rings. The van der Waals surface area contributed by atoms with Crippen molar-refractivity contribution in [3.63, 3.8) is 0 Å². The monoisotopic (exact) mass is 678 g/mol. The van der Waals surface area contributed by atoms with Crippen molar-refractivity contribution in [2.75, 3.05) is 9.80 Å². The van der Waals surface area contributed by atoms with E-state index in [4.69, 9.17) is 0 Å². The normalized spacial score (nSPS) is 19.6. The van der Waals surface area contributed by atoms with Crippen LogP contribution in [0.15, 0.2) is 170 Å². The van der Waals surface area contributed by atoms with Gasteiger partial charge in [0.05, 0.1) is 0 Å². The van der Waals surface area contributed by atoms with Crippen LogP contribution < -0.4 is 9.80 Å². The maximum Gasteiger partial charge on any atom is 0.0493 e. The first-order valence-electron chi connectivity index (χ1n) is 19.1. The zero-order chi connectivity index (χ0) is 35.8. The number of hydrogen-bond acceptors (Lipinski definition) is 2. The quantitative estimate of drug-likeness (QED) is 0.161. The van der Waals surface area contributed by atoms with Crippen molar-refractivity contribution in [1.82, 2.24) is 0 Å². The summed E-state index contributed by atoms with van der Waals surface area (Å²) < 4.78 is 0. The minimum atomic E-state index is 0.0923. The molecule has 5 aromatic rings. The van der Waals surface area contributed by atoms with Crippen molar-refractivity contribution < 1.29 is 0 Å². The fourth-order valence-electron chi connectivity index (χ4n) is 9.37. The fourth-order valence-corrected chi connectivity index (χ4v) is 9.37. The summed E-state index contributed by atoms with van der Waals surface area (Å²) in [5.41, 5.74) is 13.8. The summed E-state index contributed by atoms with van der Waals surface area (Å²) in [6.45, 7) is 15.6. The van der Waals surface area contributed by atoms with Crippen LogP contribution in [0.25, 0.3) is 33.0 Å². The average Bonchev–Trinajstić information content (AvgIpc) is 3.19. The molecule has 2 nitrogen and oxygen atoms in total. The molecular formula is C50H50N2. The second-order valence-corrected chi connectivity index (χ2v) is 15.3. The Hall–Kier alpha value is -5.34. The van der Waals surface area contributed by atoms with Crippen LogP contribution in [0.3, 0.4) is 0 Å². The molecule has 0 N–H and O–H groups in total. The number of nitrogens with zero attached hydrogens (tertiary/aromatic N) is 2. The van der Waals surface area contributed by atoms with Crippen LogP contribution in [-0.2, 0) is 0 Å². The van der Waals surface area contributed by atoms with Crippen molar-refractivity contribution in [3.05, 3.63) is 175 Å². The molecule has 2 unspecified atom stereocenters. The van der Waals surface area contributed by atoms with Crippen LogP contribution in [0.4, 0.5) is 17.1 Å². The van der Waals surface area contributed by atoms with Crippen LogP contribution >= 0.6 is 0 Å². The van der Waals surface area contributed by atoms with Crippen LogP contribution in [0.5, 0.6) is 0 Å². The summed E-state index contributed by atoms with van der Waals surface area (Å²) in [7, 11) is 0. The predicted octanol–water partition coefficient (Wildman–Crippen LogP) is 13.9. The van der Waals surface area contributed by atoms with Gasteiger partial charge in [0, 0.05) is 34.5 Å². The standard InChI is InChI=1S/C50H50N2/c1-6-45-47(7-2)52(49-20-14-13-19-46(49)50(45,4)5)43-32-27-39(28-33-43)37-23-21-36(22-24-37)38-25-30-42(31-26-38)51(41-16-9-8-10-17-41)48-34-29-40-15-11-12-18-44(40)35(48)3/h6-9,11-12,15-16,18,21-34,46,49H,1-2,10,13-14,17,19-20H2,3-5H3. The molecule has 260 valence electrons. The first-order chi connectivity index (χ1) is 25.4. The third-order valence-corrected chi connectivity index (χ3v) is 12.1. The fraction of sp³-hybridized carbons (Fsp3) is 0.240. The molecule has 8 rings (SSSR count). The van der Waals surface area contributed by atoms with E-state index >= 15 is 0 Å². The highest BCUT2D eigenvalue weighted by molar-refractivity contribution is 5.92. The molecule has 2 atom stereocenters. The van der Waals surface area contributed by atoms with Crippen molar-refractivity contribution in [1.29, 1.82) is 0 Å². The predicted molar refractivity (Wildman–Crippen MR) is 224 cm³/mol. The Bertz CT molecular complexity index is 2210. The van der Waals surface area contributed by atoms with E-state index < -0.39 is 0 Å². The highest BCUT2D eigenvalue weighted by Gasteiger charge is 2.47. The minimum absolute atomic E-state index is 0.0923. The molecule has 52 heavy (non-hydrogen) atoms. The molecule has 1 saturated carbocycles. The average molecular weight is 679 g/mol. The van der Waals surface area contributed by atoms with E-state index in [9.17, 15) is 0 Å². The number of benzene rings is 5. The molecule has 2 aliphatic carbocycles. The van der Waals surface area contributed by atoms with Crippen LogP contribution in [0.1, 0.15) is 57.9 Å². The van der Waals surface area contributed by atoms with Gasteiger partial charge in [0.2, 0.25) is 0 Å². The largest absolute Gasteiger partial charge is 0.338 e. The van der Waals surface area contributed by atoms with Gasteiger partial charge < -0.3 is 9.80 Å². The molecule has 1 aliphatic heterocycles. The summed E-state index contributed by atoms with van der Waals surface area (Å²) in [5, 5.41) is 2.58. The number of hydrogen-bond donors (Lipinski definition) is 0. The maximum atomic E-state index is 4.27. The highest BCUT2D eigenvalue weighted by atomic mass is 15.2. The van der Waals surface area contributed by atoms with Crippen LogP contribution in [-0.4, -0.2) is 6.04 Å². The van der Waals surface area contributed by atoms with Gasteiger partial charge in [-0.3, -0.25) is 0 Å². The molecule has 0 aromatic heterocycles. The molecule has 1 heterocycles. The van der Waals surface area contributed by atoms with Gasteiger partial charge in [0.1, 0.15) is 0 Å². The summed E-state index contributed by atoms with van der Waals surface area (Å²) in [6.07, 6.45) is 18.0. The Kier molecular flexibility index (Phi) is 9.09. The van der Waals surface area contributed by atoms with E-state index in [0.29, 0.717) is 12.0 Å². The Morgan fingerprint density at radius 2 is 1.37 bits per heavy atom. The number of rotatable bonds is 8. The van der Waals surface area contributed by atoms with Crippen molar-refractivity contribution >= 4 is 27.8 Å². The lowest BCUT2D eigenvalue weighted by atomic mass is 9.61. The van der Waals surface area contributed by atoms with E-state index in [2.05, 4.69) is 183 Å². The lowest BCUT2D eigenvalue weighted by Gasteiger charge is -2.54. The van der Waals surface area contributed by atoms with Gasteiger partial charge >= 0.3 is 0 Å². The molecule has 5 aromatic carbocycles. The topological polar surface area (TPSA) is 6.48 Å². The molecule has 0 radical (unpaired) electrons. The third kappa shape index (κ3) is 5.95. The zero-order valence-corrected chi connectivity index (χ0v) is 31.0. The van der Waals surface area contributed by atoms with Crippen molar-refractivity contribution in [2.45, 2.75) is 65.3 Å². The van der Waals surface area contributed by atoms with Crippen LogP contribution in [0, 0.1) is 18.3 Å². The second-order valence-electron chi connectivity index (χ2n) is 15.3. The van der Waals surface area contributed by atoms with Gasteiger partial charge in [-0.2, -0.15) is 0 Å². The minimum Gasteiger partial charge on any atom is -0.338 e. The van der Waals surface area contributed by atoms with E-state index in [1.807, 2.05) is 0 Å². The molecular weight excluding hydrogens is 629 g/mol. The van der Waals surface area contributed by atoms with E-state index in [1.54, 1.807) is 0 Å². The van der Waals surface area contributed by atoms with Gasteiger partial charge in [-0.15, -0.1) is 0 Å². The summed E-state index contributed by atoms with van der Waals surface area (Å²) in [5.74, 6) is 0.603. The third-order valence-electron chi connectivity index (χ3n) is 12.1. The molecule has 0 amide bonds. The number of allylic oxidation sites excluding steroid dienone is 7. The van der Waals surface area contributed by atoms with Gasteiger partial charge in [0.15, 0.2) is 0 Å². The van der Waals surface area contributed by atoms with Gasteiger partial charge in [-0.1, -0.05) is 137 Å². The first-order valence-corrected chi connectivity index (χ1v) is 19.1. The van der Waals surface area contributed by atoms with Gasteiger partial charge in [-0.25, -0.2) is 0 Å². The smallest absolute Gasteiger partial charge is 0.0493 e. The van der Waals surface area contributed by atoms with Gasteiger partial charge in [0.25, 0.3) is 0 Å². The summed E-state index contributed by atoms with van der Waals surface area (Å²) in [4.78, 5) is 5.02. The van der Waals surface area contributed by atoms with Crippen molar-refractivity contribution in [3.8, 4) is 22.3 Å². The van der Waals surface area contributed by atoms with Crippen LogP contribution in [0.2, 0.25) is 0 Å². The Morgan fingerprint density at radius 3 is 2.00 bits per heavy atom. The maximum absolute atomic E-state index is 4.27. The Labute approximate surface area is 310 Å². The molecule has 2 heteroatoms. The Balaban J connectivity index is 1.05. The van der Waals surface area contributed by atoms with E-state index in [-0.39, 0.29) is 5.41 Å². The lowest BCUT2D eigenvalue weighted by molar-refractivity contribution is 0.155. The number of anilines is 3. The number of aryl methyl sites for hydroxylation is 1. The Morgan fingerprint density at radius 1 is 0.731 bits per heavy atom. The van der Waals surface area contributed by atoms with Gasteiger partial charge in [-0.05, 0) is 131 Å². The summed E-state index contributed by atoms with van der Waals surface area (Å²) in [6, 6.07) is 41.0. The zero-order valence-electron chi connectivity index (χ0n) is 31.0. The molecule has 0 bridgehead atoms. The molecule has 0 saturated heterocycles. The molecule has 0 spiro atoms. The van der Waals surface area contributed by atoms with Crippen molar-refractivity contribution in [2.24, 2.45) is 11.3 Å². The van der Waals surface area contributed by atoms with E-state index in [0.717, 1.165) is 12.8 Å².